The molecular formula is C23H18. The van der Waals surface area contributed by atoms with Gasteiger partial charge in [-0.2, -0.15) is 0 Å². The molecule has 0 heteroatoms. The molecular weight excluding hydrogens is 276 g/mol. The highest BCUT2D eigenvalue weighted by atomic mass is 14.3. The molecule has 3 aliphatic carbocycles. The summed E-state index contributed by atoms with van der Waals surface area (Å²) < 4.78 is 0. The van der Waals surface area contributed by atoms with Crippen molar-refractivity contribution in [2.75, 3.05) is 0 Å². The van der Waals surface area contributed by atoms with Crippen molar-refractivity contribution in [2.24, 2.45) is 0 Å². The summed E-state index contributed by atoms with van der Waals surface area (Å²) in [6, 6.07) is 13.5. The molecule has 0 saturated heterocycles. The van der Waals surface area contributed by atoms with E-state index in [1.807, 2.05) is 0 Å². The Balaban J connectivity index is 1.75. The third-order valence-corrected chi connectivity index (χ3v) is 5.20. The summed E-state index contributed by atoms with van der Waals surface area (Å²) in [6.07, 6.45) is 16.6. The van der Waals surface area contributed by atoms with Gasteiger partial charge in [-0.25, -0.2) is 0 Å². The summed E-state index contributed by atoms with van der Waals surface area (Å²) in [5.41, 5.74) is 11.7. The van der Waals surface area contributed by atoms with Crippen LogP contribution in [-0.4, -0.2) is 0 Å². The van der Waals surface area contributed by atoms with Crippen molar-refractivity contribution in [1.82, 2.24) is 0 Å². The van der Waals surface area contributed by atoms with E-state index in [1.54, 1.807) is 0 Å². The van der Waals surface area contributed by atoms with Gasteiger partial charge >= 0.3 is 0 Å². The Bertz CT molecular complexity index is 933. The summed E-state index contributed by atoms with van der Waals surface area (Å²) in [5, 5.41) is 0. The molecule has 0 aliphatic heterocycles. The molecule has 0 unspecified atom stereocenters. The third kappa shape index (κ3) is 1.91. The first-order valence-electron chi connectivity index (χ1n) is 8.38. The van der Waals surface area contributed by atoms with Gasteiger partial charge in [0.25, 0.3) is 0 Å². The average Bonchev–Trinajstić information content (AvgIpc) is 3.33. The second kappa shape index (κ2) is 4.96. The van der Waals surface area contributed by atoms with Crippen LogP contribution in [0.5, 0.6) is 0 Å². The maximum absolute atomic E-state index is 2.34. The lowest BCUT2D eigenvalue weighted by atomic mass is 9.87. The van der Waals surface area contributed by atoms with Crippen molar-refractivity contribution in [3.8, 4) is 11.1 Å². The molecule has 0 fully saturated rings. The minimum atomic E-state index is 1.06. The van der Waals surface area contributed by atoms with Crippen LogP contribution in [0.2, 0.25) is 0 Å². The van der Waals surface area contributed by atoms with Crippen LogP contribution in [0.4, 0.5) is 0 Å². The summed E-state index contributed by atoms with van der Waals surface area (Å²) in [6.45, 7) is 0. The number of hydrogen-bond donors (Lipinski definition) is 0. The summed E-state index contributed by atoms with van der Waals surface area (Å²) in [5.74, 6) is 0. The minimum Gasteiger partial charge on any atom is -0.0801 e. The van der Waals surface area contributed by atoms with Gasteiger partial charge in [-0.1, -0.05) is 72.9 Å². The largest absolute Gasteiger partial charge is 0.0801 e. The molecule has 0 spiro atoms. The zero-order valence-corrected chi connectivity index (χ0v) is 13.0. The van der Waals surface area contributed by atoms with E-state index in [1.165, 1.54) is 44.5 Å². The number of benzene rings is 2. The predicted octanol–water partition coefficient (Wildman–Crippen LogP) is 5.94. The van der Waals surface area contributed by atoms with E-state index in [2.05, 4.69) is 72.9 Å². The maximum Gasteiger partial charge on any atom is -0.000718 e. The minimum absolute atomic E-state index is 1.06. The van der Waals surface area contributed by atoms with Gasteiger partial charge in [0.2, 0.25) is 0 Å². The van der Waals surface area contributed by atoms with Crippen molar-refractivity contribution in [1.29, 1.82) is 0 Å². The SMILES string of the molecule is C1=CCC(c2ccc3c(c2C2=CC=CC2)Cc2ccccc2-3)=C1. The Morgan fingerprint density at radius 1 is 0.652 bits per heavy atom. The first-order valence-corrected chi connectivity index (χ1v) is 8.38. The van der Waals surface area contributed by atoms with Gasteiger partial charge < -0.3 is 0 Å². The molecule has 0 heterocycles. The first kappa shape index (κ1) is 12.9. The van der Waals surface area contributed by atoms with Gasteiger partial charge in [-0.3, -0.25) is 0 Å². The number of hydrogen-bond acceptors (Lipinski definition) is 0. The lowest BCUT2D eigenvalue weighted by Gasteiger charge is -2.17. The molecule has 0 saturated carbocycles. The van der Waals surface area contributed by atoms with Crippen LogP contribution in [0.1, 0.15) is 35.1 Å². The van der Waals surface area contributed by atoms with Crippen molar-refractivity contribution >= 4 is 11.1 Å². The fourth-order valence-corrected chi connectivity index (χ4v) is 4.13. The molecule has 5 rings (SSSR count). The summed E-state index contributed by atoms with van der Waals surface area (Å²) in [7, 11) is 0. The highest BCUT2D eigenvalue weighted by Crippen LogP contribution is 2.45. The fourth-order valence-electron chi connectivity index (χ4n) is 4.13. The quantitative estimate of drug-likeness (QED) is 0.548. The first-order chi connectivity index (χ1) is 11.4. The van der Waals surface area contributed by atoms with E-state index in [4.69, 9.17) is 0 Å². The van der Waals surface area contributed by atoms with Gasteiger partial charge in [0.05, 0.1) is 0 Å². The zero-order chi connectivity index (χ0) is 15.2. The van der Waals surface area contributed by atoms with Gasteiger partial charge in [-0.05, 0) is 63.8 Å². The van der Waals surface area contributed by atoms with Crippen molar-refractivity contribution in [2.45, 2.75) is 19.3 Å². The van der Waals surface area contributed by atoms with E-state index in [-0.39, 0.29) is 0 Å². The highest BCUT2D eigenvalue weighted by Gasteiger charge is 2.25. The molecule has 0 amide bonds. The number of fused-ring (bicyclic) bond motifs is 3. The van der Waals surface area contributed by atoms with Crippen molar-refractivity contribution in [3.05, 3.63) is 95.1 Å². The summed E-state index contributed by atoms with van der Waals surface area (Å²) >= 11 is 0. The van der Waals surface area contributed by atoms with Crippen LogP contribution in [0.3, 0.4) is 0 Å². The third-order valence-electron chi connectivity index (χ3n) is 5.20. The van der Waals surface area contributed by atoms with Crippen LogP contribution in [0, 0.1) is 0 Å². The molecule has 3 aliphatic rings. The van der Waals surface area contributed by atoms with E-state index in [0.29, 0.717) is 0 Å². The Labute approximate surface area is 137 Å². The van der Waals surface area contributed by atoms with Crippen molar-refractivity contribution < 1.29 is 0 Å². The topological polar surface area (TPSA) is 0 Å². The predicted molar refractivity (Wildman–Crippen MR) is 98.2 cm³/mol. The molecule has 2 aromatic rings. The second-order valence-electron chi connectivity index (χ2n) is 6.50. The van der Waals surface area contributed by atoms with E-state index in [9.17, 15) is 0 Å². The Morgan fingerprint density at radius 3 is 2.17 bits per heavy atom. The monoisotopic (exact) mass is 294 g/mol. The molecule has 0 nitrogen and oxygen atoms in total. The second-order valence-corrected chi connectivity index (χ2v) is 6.50. The molecule has 23 heavy (non-hydrogen) atoms. The summed E-state index contributed by atoms with van der Waals surface area (Å²) in [4.78, 5) is 0. The lowest BCUT2D eigenvalue weighted by molar-refractivity contribution is 1.22. The average molecular weight is 294 g/mol. The number of allylic oxidation sites excluding steroid dienone is 8. The van der Waals surface area contributed by atoms with Gasteiger partial charge in [0.1, 0.15) is 0 Å². The van der Waals surface area contributed by atoms with E-state index < -0.39 is 0 Å². The molecule has 0 bridgehead atoms. The molecule has 0 N–H and O–H groups in total. The van der Waals surface area contributed by atoms with Gasteiger partial charge in [0, 0.05) is 0 Å². The van der Waals surface area contributed by atoms with Gasteiger partial charge in [-0.15, -0.1) is 0 Å². The van der Waals surface area contributed by atoms with Crippen LogP contribution >= 0.6 is 0 Å². The Hall–Kier alpha value is -2.60. The number of rotatable bonds is 2. The lowest BCUT2D eigenvalue weighted by Crippen LogP contribution is -1.98. The maximum atomic E-state index is 2.34. The molecule has 0 radical (unpaired) electrons. The fraction of sp³-hybridized carbons (Fsp3) is 0.130. The molecule has 0 atom stereocenters. The molecule has 0 aromatic heterocycles. The van der Waals surface area contributed by atoms with E-state index in [0.717, 1.165) is 19.3 Å². The smallest absolute Gasteiger partial charge is 0.000718 e. The molecule has 2 aromatic carbocycles. The van der Waals surface area contributed by atoms with E-state index >= 15 is 0 Å². The van der Waals surface area contributed by atoms with Crippen LogP contribution < -0.4 is 0 Å². The van der Waals surface area contributed by atoms with Gasteiger partial charge in [0.15, 0.2) is 0 Å². The van der Waals surface area contributed by atoms with Crippen LogP contribution in [-0.2, 0) is 6.42 Å². The standard InChI is InChI=1S/C23H18/c1-2-8-16(7-1)20-13-14-21-19-12-6-5-11-18(19)15-22(21)23(20)17-9-3-4-10-17/h1-7,9,11-14H,8,10,15H2. The Kier molecular flexibility index (Phi) is 2.78. The van der Waals surface area contributed by atoms with Crippen LogP contribution in [0.25, 0.3) is 22.3 Å². The zero-order valence-electron chi connectivity index (χ0n) is 13.0. The molecule has 110 valence electrons. The normalized spacial score (nSPS) is 17.2. The highest BCUT2D eigenvalue weighted by molar-refractivity contribution is 5.91. The Morgan fingerprint density at radius 2 is 1.39 bits per heavy atom. The van der Waals surface area contributed by atoms with Crippen molar-refractivity contribution in [3.63, 3.8) is 0 Å². The van der Waals surface area contributed by atoms with Crippen LogP contribution in [0.15, 0.2) is 72.9 Å².